The third kappa shape index (κ3) is 3.00. The number of aryl methyl sites for hydroxylation is 1. The second-order valence-corrected chi connectivity index (χ2v) is 5.46. The molecule has 0 aliphatic heterocycles. The molecule has 8 heteroatoms. The number of benzene rings is 1. The predicted octanol–water partition coefficient (Wildman–Crippen LogP) is 2.75. The Morgan fingerprint density at radius 1 is 1.42 bits per heavy atom. The third-order valence-electron chi connectivity index (χ3n) is 3.82. The molecule has 0 saturated heterocycles. The number of aromatic nitrogens is 3. The fourth-order valence-electron chi connectivity index (χ4n) is 2.75. The summed E-state index contributed by atoms with van der Waals surface area (Å²) >= 11 is 0. The Morgan fingerprint density at radius 2 is 2.17 bits per heavy atom. The SMILES string of the molecule is Cn1cc(CNC(C(=O)O)c2c[nH]c3ccccc23)c(C(F)F)n1. The number of nitrogens with one attached hydrogen (secondary N) is 2. The van der Waals surface area contributed by atoms with Crippen LogP contribution in [0.4, 0.5) is 8.78 Å². The van der Waals surface area contributed by atoms with E-state index in [1.807, 2.05) is 24.3 Å². The molecule has 0 spiro atoms. The van der Waals surface area contributed by atoms with Gasteiger partial charge in [-0.25, -0.2) is 8.78 Å². The summed E-state index contributed by atoms with van der Waals surface area (Å²) in [6, 6.07) is 6.29. The number of aromatic amines is 1. The zero-order valence-corrected chi connectivity index (χ0v) is 12.8. The molecular weight excluding hydrogens is 318 g/mol. The van der Waals surface area contributed by atoms with Crippen LogP contribution >= 0.6 is 0 Å². The molecule has 3 N–H and O–H groups in total. The Morgan fingerprint density at radius 3 is 2.88 bits per heavy atom. The van der Waals surface area contributed by atoms with Crippen LogP contribution in [0.25, 0.3) is 10.9 Å². The van der Waals surface area contributed by atoms with Crippen molar-refractivity contribution in [3.05, 3.63) is 53.5 Å². The minimum atomic E-state index is -2.71. The summed E-state index contributed by atoms with van der Waals surface area (Å²) in [6.45, 7) is -0.0238. The molecule has 0 amide bonds. The maximum Gasteiger partial charge on any atom is 0.325 e. The summed E-state index contributed by atoms with van der Waals surface area (Å²) in [6.07, 6.45) is 0.371. The number of para-hydroxylation sites is 1. The van der Waals surface area contributed by atoms with E-state index in [0.29, 0.717) is 5.56 Å². The molecule has 0 aliphatic carbocycles. The van der Waals surface area contributed by atoms with Crippen molar-refractivity contribution in [2.24, 2.45) is 7.05 Å². The number of fused-ring (bicyclic) bond motifs is 1. The van der Waals surface area contributed by atoms with E-state index in [4.69, 9.17) is 0 Å². The Labute approximate surface area is 136 Å². The number of H-pyrrole nitrogens is 1. The molecular formula is C16H16F2N4O2. The summed E-state index contributed by atoms with van der Waals surface area (Å²) in [7, 11) is 1.55. The predicted molar refractivity (Wildman–Crippen MR) is 83.7 cm³/mol. The van der Waals surface area contributed by atoms with Gasteiger partial charge in [-0.2, -0.15) is 5.10 Å². The smallest absolute Gasteiger partial charge is 0.325 e. The minimum absolute atomic E-state index is 0.0238. The zero-order chi connectivity index (χ0) is 17.3. The van der Waals surface area contributed by atoms with E-state index in [1.54, 1.807) is 13.2 Å². The molecule has 2 heterocycles. The molecule has 0 bridgehead atoms. The van der Waals surface area contributed by atoms with E-state index in [-0.39, 0.29) is 17.8 Å². The molecule has 126 valence electrons. The first-order valence-corrected chi connectivity index (χ1v) is 7.30. The molecule has 3 aromatic rings. The highest BCUT2D eigenvalue weighted by molar-refractivity contribution is 5.89. The van der Waals surface area contributed by atoms with Crippen molar-refractivity contribution in [3.63, 3.8) is 0 Å². The van der Waals surface area contributed by atoms with Crippen molar-refractivity contribution in [3.8, 4) is 0 Å². The van der Waals surface area contributed by atoms with Crippen LogP contribution in [0.1, 0.15) is 29.3 Å². The highest BCUT2D eigenvalue weighted by Gasteiger charge is 2.24. The number of carboxylic acids is 1. The zero-order valence-electron chi connectivity index (χ0n) is 12.8. The van der Waals surface area contributed by atoms with Crippen LogP contribution in [0, 0.1) is 0 Å². The molecule has 1 aromatic carbocycles. The lowest BCUT2D eigenvalue weighted by atomic mass is 10.1. The standard InChI is InChI=1S/C16H16F2N4O2/c1-22-8-9(13(21-22)15(17)18)6-20-14(16(23)24)11-7-19-12-5-3-2-4-10(11)12/h2-5,7-8,14-15,19-20H,6H2,1H3,(H,23,24). The first-order chi connectivity index (χ1) is 11.5. The topological polar surface area (TPSA) is 82.9 Å². The lowest BCUT2D eigenvalue weighted by Crippen LogP contribution is -2.28. The van der Waals surface area contributed by atoms with Gasteiger partial charge in [0.1, 0.15) is 11.7 Å². The molecule has 0 saturated carbocycles. The maximum atomic E-state index is 13.0. The van der Waals surface area contributed by atoms with Gasteiger partial charge >= 0.3 is 5.97 Å². The van der Waals surface area contributed by atoms with Gasteiger partial charge in [-0.15, -0.1) is 0 Å². The van der Waals surface area contributed by atoms with Crippen molar-refractivity contribution < 1.29 is 18.7 Å². The van der Waals surface area contributed by atoms with Crippen molar-refractivity contribution in [2.75, 3.05) is 0 Å². The summed E-state index contributed by atoms with van der Waals surface area (Å²) in [5.74, 6) is -1.08. The molecule has 0 radical (unpaired) electrons. The maximum absolute atomic E-state index is 13.0. The van der Waals surface area contributed by atoms with Gasteiger partial charge in [0.05, 0.1) is 0 Å². The number of hydrogen-bond acceptors (Lipinski definition) is 3. The minimum Gasteiger partial charge on any atom is -0.480 e. The largest absolute Gasteiger partial charge is 0.480 e. The normalized spacial score (nSPS) is 12.8. The highest BCUT2D eigenvalue weighted by atomic mass is 19.3. The highest BCUT2D eigenvalue weighted by Crippen LogP contribution is 2.26. The fraction of sp³-hybridized carbons (Fsp3) is 0.250. The lowest BCUT2D eigenvalue weighted by Gasteiger charge is -2.14. The first-order valence-electron chi connectivity index (χ1n) is 7.30. The first kappa shape index (κ1) is 16.1. The lowest BCUT2D eigenvalue weighted by molar-refractivity contribution is -0.139. The molecule has 0 fully saturated rings. The summed E-state index contributed by atoms with van der Waals surface area (Å²) in [5, 5.41) is 16.8. The number of alkyl halides is 2. The van der Waals surface area contributed by atoms with E-state index in [1.165, 1.54) is 10.9 Å². The van der Waals surface area contributed by atoms with E-state index in [9.17, 15) is 18.7 Å². The second kappa shape index (κ2) is 6.40. The van der Waals surface area contributed by atoms with Gasteiger partial charge in [-0.05, 0) is 6.07 Å². The van der Waals surface area contributed by atoms with Gasteiger partial charge in [0.2, 0.25) is 0 Å². The Kier molecular flexibility index (Phi) is 4.30. The number of carboxylic acid groups (broad SMARTS) is 1. The van der Waals surface area contributed by atoms with E-state index >= 15 is 0 Å². The van der Waals surface area contributed by atoms with Crippen LogP contribution in [0.15, 0.2) is 36.7 Å². The number of carbonyl (C=O) groups is 1. The van der Waals surface area contributed by atoms with Gasteiger partial charge < -0.3 is 10.1 Å². The van der Waals surface area contributed by atoms with E-state index in [2.05, 4.69) is 15.4 Å². The Hall–Kier alpha value is -2.74. The van der Waals surface area contributed by atoms with Crippen LogP contribution in [-0.4, -0.2) is 25.8 Å². The van der Waals surface area contributed by atoms with E-state index < -0.39 is 18.4 Å². The molecule has 0 aliphatic rings. The van der Waals surface area contributed by atoms with Crippen LogP contribution < -0.4 is 5.32 Å². The van der Waals surface area contributed by atoms with Crippen molar-refractivity contribution >= 4 is 16.9 Å². The Balaban J connectivity index is 1.87. The number of nitrogens with zero attached hydrogens (tertiary/aromatic N) is 2. The monoisotopic (exact) mass is 334 g/mol. The summed E-state index contributed by atoms with van der Waals surface area (Å²) in [4.78, 5) is 14.7. The van der Waals surface area contributed by atoms with Gasteiger partial charge in [-0.3, -0.25) is 14.8 Å². The van der Waals surface area contributed by atoms with Gasteiger partial charge in [0.25, 0.3) is 6.43 Å². The molecule has 2 aromatic heterocycles. The number of hydrogen-bond donors (Lipinski definition) is 3. The fourth-order valence-corrected chi connectivity index (χ4v) is 2.75. The number of aliphatic carboxylic acids is 1. The van der Waals surface area contributed by atoms with Crippen LogP contribution in [-0.2, 0) is 18.4 Å². The number of rotatable bonds is 6. The van der Waals surface area contributed by atoms with E-state index in [0.717, 1.165) is 10.9 Å². The Bertz CT molecular complexity index is 872. The molecule has 6 nitrogen and oxygen atoms in total. The van der Waals surface area contributed by atoms with Gasteiger partial charge in [0, 0.05) is 48.0 Å². The molecule has 1 atom stereocenters. The van der Waals surface area contributed by atoms with Crippen molar-refractivity contribution in [1.82, 2.24) is 20.1 Å². The van der Waals surface area contributed by atoms with Crippen LogP contribution in [0.3, 0.4) is 0 Å². The quantitative estimate of drug-likeness (QED) is 0.647. The van der Waals surface area contributed by atoms with Crippen molar-refractivity contribution in [2.45, 2.75) is 19.0 Å². The summed E-state index contributed by atoms with van der Waals surface area (Å²) < 4.78 is 27.3. The average Bonchev–Trinajstić information content (AvgIpc) is 3.11. The molecule has 3 rings (SSSR count). The third-order valence-corrected chi connectivity index (χ3v) is 3.82. The molecule has 1 unspecified atom stereocenters. The summed E-state index contributed by atoms with van der Waals surface area (Å²) in [5.41, 5.74) is 1.31. The second-order valence-electron chi connectivity index (χ2n) is 5.46. The van der Waals surface area contributed by atoms with Gasteiger partial charge in [-0.1, -0.05) is 18.2 Å². The number of halogens is 2. The van der Waals surface area contributed by atoms with Crippen LogP contribution in [0.5, 0.6) is 0 Å². The van der Waals surface area contributed by atoms with Crippen LogP contribution in [0.2, 0.25) is 0 Å². The van der Waals surface area contributed by atoms with Gasteiger partial charge in [0.15, 0.2) is 0 Å². The van der Waals surface area contributed by atoms with Crippen molar-refractivity contribution in [1.29, 1.82) is 0 Å². The molecule has 24 heavy (non-hydrogen) atoms. The average molecular weight is 334 g/mol.